The largest absolute Gasteiger partial charge is 0.497 e. The maximum atomic E-state index is 13.8. The van der Waals surface area contributed by atoms with E-state index in [9.17, 15) is 23.1 Å². The summed E-state index contributed by atoms with van der Waals surface area (Å²) in [5.41, 5.74) is -0.612. The van der Waals surface area contributed by atoms with E-state index in [0.717, 1.165) is 31.2 Å². The highest BCUT2D eigenvalue weighted by Crippen LogP contribution is 2.29. The average molecular weight is 588 g/mol. The Morgan fingerprint density at radius 3 is 2.39 bits per heavy atom. The Morgan fingerprint density at radius 2 is 1.78 bits per heavy atom. The van der Waals surface area contributed by atoms with Gasteiger partial charge in [-0.25, -0.2) is 13.2 Å². The molecule has 1 saturated carbocycles. The molecule has 2 aromatic rings. The van der Waals surface area contributed by atoms with Gasteiger partial charge in [0.05, 0.1) is 25.2 Å². The number of hydrogen-bond acceptors (Lipinski definition) is 8. The zero-order valence-electron chi connectivity index (χ0n) is 24.0. The van der Waals surface area contributed by atoms with Crippen LogP contribution in [0.15, 0.2) is 59.5 Å². The zero-order chi connectivity index (χ0) is 29.6. The van der Waals surface area contributed by atoms with Gasteiger partial charge in [0.1, 0.15) is 5.75 Å². The van der Waals surface area contributed by atoms with Crippen LogP contribution in [0.2, 0.25) is 0 Å². The van der Waals surface area contributed by atoms with E-state index in [1.54, 1.807) is 12.1 Å². The lowest BCUT2D eigenvalue weighted by Gasteiger charge is -2.44. The highest BCUT2D eigenvalue weighted by Gasteiger charge is 2.50. The van der Waals surface area contributed by atoms with Crippen LogP contribution in [0, 0.1) is 5.92 Å². The number of rotatable bonds is 12. The summed E-state index contributed by atoms with van der Waals surface area (Å²) in [4.78, 5) is 28.0. The highest BCUT2D eigenvalue weighted by molar-refractivity contribution is 7.89. The number of piperazine rings is 1. The average Bonchev–Trinajstić information content (AvgIpc) is 3.50. The molecule has 3 atom stereocenters. The second-order valence-corrected chi connectivity index (χ2v) is 13.0. The molecule has 1 aliphatic carbocycles. The Labute approximate surface area is 242 Å². The Morgan fingerprint density at radius 1 is 1.12 bits per heavy atom. The van der Waals surface area contributed by atoms with Crippen molar-refractivity contribution in [3.63, 3.8) is 0 Å². The minimum Gasteiger partial charge on any atom is -0.497 e. The van der Waals surface area contributed by atoms with Gasteiger partial charge in [0.15, 0.2) is 5.54 Å². The van der Waals surface area contributed by atoms with E-state index in [1.165, 1.54) is 42.5 Å². The van der Waals surface area contributed by atoms with E-state index < -0.39 is 33.5 Å². The molecule has 41 heavy (non-hydrogen) atoms. The maximum Gasteiger partial charge on any atom is 0.335 e. The Hall–Kier alpha value is -2.99. The molecule has 2 unspecified atom stereocenters. The molecular weight excluding hydrogens is 546 g/mol. The van der Waals surface area contributed by atoms with Crippen LogP contribution in [0.4, 0.5) is 0 Å². The van der Waals surface area contributed by atoms with E-state index in [-0.39, 0.29) is 36.5 Å². The number of nitrogens with zero attached hydrogens (tertiary/aromatic N) is 2. The number of sulfonamides is 1. The number of hydrogen-bond donors (Lipinski definition) is 2. The molecule has 4 rings (SSSR count). The lowest BCUT2D eigenvalue weighted by atomic mass is 9.92. The zero-order valence-corrected chi connectivity index (χ0v) is 24.8. The van der Waals surface area contributed by atoms with Gasteiger partial charge in [-0.15, -0.1) is 0 Å². The van der Waals surface area contributed by atoms with Gasteiger partial charge in [-0.2, -0.15) is 4.31 Å². The van der Waals surface area contributed by atoms with Gasteiger partial charge in [0.2, 0.25) is 10.0 Å². The quantitative estimate of drug-likeness (QED) is 0.286. The number of carbonyl (C=O) groups is 2. The first kappa shape index (κ1) is 31.0. The number of benzene rings is 2. The number of nitrogens with one attached hydrogen (secondary N) is 1. The standard InChI is InChI=1S/C30H41N3O7S/c1-30(29(36)40-3)28(35)33(24(18-31-30)17-22-9-5-4-6-10-22)21-25(34)20-32(19-23-11-7-8-12-23)41(37,38)27-15-13-26(39-2)14-16-27/h4-6,9-10,13-16,23-25,31,34H,7-8,11-12,17-21H2,1-3H3/t24-,25?,30?/m0/s1. The second-order valence-electron chi connectivity index (χ2n) is 11.1. The summed E-state index contributed by atoms with van der Waals surface area (Å²) >= 11 is 0. The minimum atomic E-state index is -3.94. The molecule has 1 aliphatic heterocycles. The fourth-order valence-electron chi connectivity index (χ4n) is 5.79. The van der Waals surface area contributed by atoms with Gasteiger partial charge in [0, 0.05) is 32.2 Å². The van der Waals surface area contributed by atoms with Crippen LogP contribution < -0.4 is 10.1 Å². The second kappa shape index (κ2) is 13.3. The van der Waals surface area contributed by atoms with Crippen LogP contribution in [0.25, 0.3) is 0 Å². The number of amides is 1. The van der Waals surface area contributed by atoms with Crippen molar-refractivity contribution in [2.75, 3.05) is 40.4 Å². The summed E-state index contributed by atoms with van der Waals surface area (Å²) in [5, 5.41) is 14.4. The van der Waals surface area contributed by atoms with Gasteiger partial charge in [-0.1, -0.05) is 43.2 Å². The van der Waals surface area contributed by atoms with E-state index >= 15 is 0 Å². The third kappa shape index (κ3) is 7.09. The van der Waals surface area contributed by atoms with Crippen molar-refractivity contribution in [3.8, 4) is 5.75 Å². The summed E-state index contributed by atoms with van der Waals surface area (Å²) in [6.07, 6.45) is 3.26. The molecule has 0 aromatic heterocycles. The number of β-amino-alcohol motifs (C(OH)–C–C–N with tert-alkyl or cyclic N) is 1. The molecule has 2 fully saturated rings. The molecule has 10 nitrogen and oxygen atoms in total. The third-order valence-electron chi connectivity index (χ3n) is 8.18. The Balaban J connectivity index is 1.58. The molecule has 1 amide bonds. The first-order chi connectivity index (χ1) is 19.6. The van der Waals surface area contributed by atoms with E-state index in [0.29, 0.717) is 18.7 Å². The van der Waals surface area contributed by atoms with Crippen LogP contribution in [0.1, 0.15) is 38.2 Å². The fraction of sp³-hybridized carbons (Fsp3) is 0.533. The Kier molecular flexibility index (Phi) is 10.1. The third-order valence-corrected chi connectivity index (χ3v) is 10.0. The Bertz CT molecular complexity index is 1280. The first-order valence-electron chi connectivity index (χ1n) is 14.1. The number of aliphatic hydroxyl groups excluding tert-OH is 1. The lowest BCUT2D eigenvalue weighted by molar-refractivity contribution is -0.162. The van der Waals surface area contributed by atoms with Gasteiger partial charge in [0.25, 0.3) is 5.91 Å². The summed E-state index contributed by atoms with van der Waals surface area (Å²) in [6, 6.07) is 15.5. The first-order valence-corrected chi connectivity index (χ1v) is 15.5. The van der Waals surface area contributed by atoms with E-state index in [4.69, 9.17) is 9.47 Å². The molecule has 0 spiro atoms. The van der Waals surface area contributed by atoms with Gasteiger partial charge >= 0.3 is 5.97 Å². The van der Waals surface area contributed by atoms with Crippen LogP contribution in [0.3, 0.4) is 0 Å². The van der Waals surface area contributed by atoms with Crippen LogP contribution in [-0.2, 0) is 30.8 Å². The van der Waals surface area contributed by atoms with E-state index in [2.05, 4.69) is 5.32 Å². The summed E-state index contributed by atoms with van der Waals surface area (Å²) in [6.45, 7) is 1.74. The molecule has 0 radical (unpaired) electrons. The van der Waals surface area contributed by atoms with Gasteiger partial charge in [-0.05, 0) is 61.9 Å². The number of carbonyl (C=O) groups excluding carboxylic acids is 2. The summed E-state index contributed by atoms with van der Waals surface area (Å²) < 4.78 is 39.0. The molecule has 2 aromatic carbocycles. The van der Waals surface area contributed by atoms with E-state index in [1.807, 2.05) is 30.3 Å². The molecule has 2 N–H and O–H groups in total. The van der Waals surface area contributed by atoms with Crippen molar-refractivity contribution in [1.82, 2.24) is 14.5 Å². The smallest absolute Gasteiger partial charge is 0.335 e. The molecular formula is C30H41N3O7S. The molecule has 224 valence electrons. The predicted octanol–water partition coefficient (Wildman–Crippen LogP) is 2.21. The highest BCUT2D eigenvalue weighted by atomic mass is 32.2. The maximum absolute atomic E-state index is 13.8. The van der Waals surface area contributed by atoms with Crippen molar-refractivity contribution in [2.24, 2.45) is 5.92 Å². The van der Waals surface area contributed by atoms with Crippen LogP contribution in [0.5, 0.6) is 5.75 Å². The van der Waals surface area contributed by atoms with Crippen molar-refractivity contribution in [3.05, 3.63) is 60.2 Å². The SMILES string of the molecule is COC(=O)C1(C)NC[C@H](Cc2ccccc2)N(CC(O)CN(CC2CCCC2)S(=O)(=O)c2ccc(OC)cc2)C1=O. The normalized spacial score (nSPS) is 22.6. The van der Waals surface area contributed by atoms with Gasteiger partial charge in [-0.3, -0.25) is 10.1 Å². The number of methoxy groups -OCH3 is 2. The molecule has 11 heteroatoms. The predicted molar refractivity (Wildman–Crippen MR) is 154 cm³/mol. The van der Waals surface area contributed by atoms with Crippen molar-refractivity contribution < 1.29 is 32.6 Å². The lowest BCUT2D eigenvalue weighted by Crippen LogP contribution is -2.71. The number of esters is 1. The van der Waals surface area contributed by atoms with Crippen molar-refractivity contribution in [1.29, 1.82) is 0 Å². The van der Waals surface area contributed by atoms with Crippen molar-refractivity contribution in [2.45, 2.75) is 61.6 Å². The molecule has 2 aliphatic rings. The summed E-state index contributed by atoms with van der Waals surface area (Å²) in [5.74, 6) is -0.493. The molecule has 1 saturated heterocycles. The van der Waals surface area contributed by atoms with Gasteiger partial charge < -0.3 is 19.5 Å². The van der Waals surface area contributed by atoms with Crippen LogP contribution >= 0.6 is 0 Å². The number of aliphatic hydroxyl groups is 1. The minimum absolute atomic E-state index is 0.113. The summed E-state index contributed by atoms with van der Waals surface area (Å²) in [7, 11) is -1.20. The fourth-order valence-corrected chi connectivity index (χ4v) is 7.35. The topological polar surface area (TPSA) is 125 Å². The van der Waals surface area contributed by atoms with Crippen LogP contribution in [-0.4, -0.2) is 92.7 Å². The monoisotopic (exact) mass is 587 g/mol. The molecule has 1 heterocycles. The number of ether oxygens (including phenoxy) is 2. The molecule has 0 bridgehead atoms. The van der Waals surface area contributed by atoms with Crippen molar-refractivity contribution >= 4 is 21.9 Å².